The summed E-state index contributed by atoms with van der Waals surface area (Å²) < 4.78 is 1.95. The van der Waals surface area contributed by atoms with Gasteiger partial charge in [-0.1, -0.05) is 6.42 Å². The molecule has 0 amide bonds. The fourth-order valence-electron chi connectivity index (χ4n) is 2.85. The minimum Gasteiger partial charge on any atom is -0.293 e. The lowest BCUT2D eigenvalue weighted by atomic mass is 10.0. The third-order valence-corrected chi connectivity index (χ3v) is 3.94. The van der Waals surface area contributed by atoms with Crippen LogP contribution < -0.4 is 0 Å². The zero-order chi connectivity index (χ0) is 13.1. The van der Waals surface area contributed by atoms with Crippen molar-refractivity contribution >= 4 is 0 Å². The van der Waals surface area contributed by atoms with Crippen LogP contribution in [0, 0.1) is 0 Å². The van der Waals surface area contributed by atoms with E-state index in [1.165, 1.54) is 25.0 Å². The predicted octanol–water partition coefficient (Wildman–Crippen LogP) is 1.31. The molecule has 0 aromatic carbocycles. The monoisotopic (exact) mass is 260 g/mol. The third-order valence-electron chi connectivity index (χ3n) is 3.94. The summed E-state index contributed by atoms with van der Waals surface area (Å²) in [6.07, 6.45) is 8.20. The molecule has 1 aliphatic rings. The molecule has 102 valence electrons. The number of aromatic amines is 1. The van der Waals surface area contributed by atoms with Crippen molar-refractivity contribution in [3.63, 3.8) is 0 Å². The van der Waals surface area contributed by atoms with E-state index >= 15 is 0 Å². The number of nitrogens with one attached hydrogen (secondary N) is 1. The van der Waals surface area contributed by atoms with Gasteiger partial charge in [0.2, 0.25) is 0 Å². The fraction of sp³-hybridized carbons (Fsp3) is 0.615. The summed E-state index contributed by atoms with van der Waals surface area (Å²) in [5.41, 5.74) is 1.28. The van der Waals surface area contributed by atoms with Crippen LogP contribution in [0.15, 0.2) is 18.6 Å². The normalized spacial score (nSPS) is 20.8. The number of nitrogens with zero attached hydrogens (tertiary/aromatic N) is 5. The van der Waals surface area contributed by atoms with E-state index in [0.29, 0.717) is 6.04 Å². The van der Waals surface area contributed by atoms with Crippen molar-refractivity contribution in [3.05, 3.63) is 30.1 Å². The second-order valence-corrected chi connectivity index (χ2v) is 5.11. The van der Waals surface area contributed by atoms with Gasteiger partial charge in [-0.05, 0) is 25.5 Å². The number of aryl methyl sites for hydroxylation is 1. The lowest BCUT2D eigenvalue weighted by molar-refractivity contribution is 0.143. The summed E-state index contributed by atoms with van der Waals surface area (Å²) in [5.74, 6) is 1.00. The summed E-state index contributed by atoms with van der Waals surface area (Å²) >= 11 is 0. The van der Waals surface area contributed by atoms with E-state index < -0.39 is 0 Å². The van der Waals surface area contributed by atoms with Crippen LogP contribution in [-0.2, 0) is 13.5 Å². The van der Waals surface area contributed by atoms with Crippen molar-refractivity contribution < 1.29 is 0 Å². The van der Waals surface area contributed by atoms with Crippen LogP contribution >= 0.6 is 0 Å². The molecule has 1 N–H and O–H groups in total. The molecule has 0 unspecified atom stereocenters. The molecular weight excluding hydrogens is 240 g/mol. The number of piperidine rings is 1. The van der Waals surface area contributed by atoms with Crippen molar-refractivity contribution in [2.75, 3.05) is 13.1 Å². The molecule has 0 aliphatic carbocycles. The second kappa shape index (κ2) is 5.52. The van der Waals surface area contributed by atoms with Gasteiger partial charge in [-0.15, -0.1) is 0 Å². The Balaban J connectivity index is 1.66. The highest BCUT2D eigenvalue weighted by Crippen LogP contribution is 2.28. The molecule has 3 rings (SSSR count). The lowest BCUT2D eigenvalue weighted by Gasteiger charge is -2.34. The number of hydrogen-bond donors (Lipinski definition) is 1. The smallest absolute Gasteiger partial charge is 0.141 e. The van der Waals surface area contributed by atoms with Gasteiger partial charge in [0.05, 0.1) is 6.04 Å². The molecule has 3 heterocycles. The van der Waals surface area contributed by atoms with Gasteiger partial charge in [0.15, 0.2) is 0 Å². The average molecular weight is 260 g/mol. The molecule has 2 aromatic heterocycles. The van der Waals surface area contributed by atoms with E-state index in [1.807, 2.05) is 17.9 Å². The largest absolute Gasteiger partial charge is 0.293 e. The van der Waals surface area contributed by atoms with Gasteiger partial charge in [-0.3, -0.25) is 14.7 Å². The van der Waals surface area contributed by atoms with Crippen LogP contribution in [0.5, 0.6) is 0 Å². The van der Waals surface area contributed by atoms with Crippen molar-refractivity contribution in [2.24, 2.45) is 7.05 Å². The Morgan fingerprint density at radius 1 is 1.42 bits per heavy atom. The summed E-state index contributed by atoms with van der Waals surface area (Å²) in [7, 11) is 2.00. The Hall–Kier alpha value is -1.69. The standard InChI is InChI=1S/C13H20N6/c1-18-11(5-7-16-18)6-9-19-8-3-2-4-12(19)13-14-10-15-17-13/h5,7,10,12H,2-4,6,8-9H2,1H3,(H,14,15,17)/t12-/m0/s1. The maximum Gasteiger partial charge on any atom is 0.141 e. The molecular formula is C13H20N6. The van der Waals surface area contributed by atoms with Crippen LogP contribution in [0.25, 0.3) is 0 Å². The summed E-state index contributed by atoms with van der Waals surface area (Å²) in [5, 5.41) is 11.2. The second-order valence-electron chi connectivity index (χ2n) is 5.11. The molecule has 6 nitrogen and oxygen atoms in total. The predicted molar refractivity (Wildman–Crippen MR) is 71.5 cm³/mol. The highest BCUT2D eigenvalue weighted by Gasteiger charge is 2.25. The van der Waals surface area contributed by atoms with Crippen molar-refractivity contribution in [1.29, 1.82) is 0 Å². The molecule has 1 fully saturated rings. The quantitative estimate of drug-likeness (QED) is 0.900. The maximum absolute atomic E-state index is 4.33. The van der Waals surface area contributed by atoms with Crippen LogP contribution in [0.4, 0.5) is 0 Å². The summed E-state index contributed by atoms with van der Waals surface area (Å²) in [6, 6.07) is 2.48. The van der Waals surface area contributed by atoms with E-state index in [4.69, 9.17) is 0 Å². The number of rotatable bonds is 4. The molecule has 1 atom stereocenters. The molecule has 0 bridgehead atoms. The Morgan fingerprint density at radius 3 is 3.11 bits per heavy atom. The first-order chi connectivity index (χ1) is 9.34. The SMILES string of the molecule is Cn1nccc1CCN1CCCC[C@H]1c1ncn[nH]1. The Bertz CT molecular complexity index is 503. The van der Waals surface area contributed by atoms with Gasteiger partial charge in [-0.2, -0.15) is 10.2 Å². The van der Waals surface area contributed by atoms with Gasteiger partial charge in [-0.25, -0.2) is 4.98 Å². The molecule has 2 aromatic rings. The van der Waals surface area contributed by atoms with Crippen molar-refractivity contribution in [2.45, 2.75) is 31.7 Å². The van der Waals surface area contributed by atoms with Crippen LogP contribution in [0.3, 0.4) is 0 Å². The lowest BCUT2D eigenvalue weighted by Crippen LogP contribution is -2.35. The van der Waals surface area contributed by atoms with Crippen LogP contribution in [0.2, 0.25) is 0 Å². The van der Waals surface area contributed by atoms with Crippen LogP contribution in [0.1, 0.15) is 36.8 Å². The molecule has 0 saturated carbocycles. The minimum absolute atomic E-state index is 0.393. The summed E-state index contributed by atoms with van der Waals surface area (Å²) in [6.45, 7) is 2.19. The fourth-order valence-corrected chi connectivity index (χ4v) is 2.85. The molecule has 6 heteroatoms. The van der Waals surface area contributed by atoms with Gasteiger partial charge < -0.3 is 0 Å². The topological polar surface area (TPSA) is 62.6 Å². The molecule has 1 aliphatic heterocycles. The number of hydrogen-bond acceptors (Lipinski definition) is 4. The Kier molecular flexibility index (Phi) is 3.59. The first-order valence-corrected chi connectivity index (χ1v) is 6.91. The van der Waals surface area contributed by atoms with Crippen LogP contribution in [-0.4, -0.2) is 43.0 Å². The number of likely N-dealkylation sites (tertiary alicyclic amines) is 1. The molecule has 0 spiro atoms. The molecule has 0 radical (unpaired) electrons. The molecule has 19 heavy (non-hydrogen) atoms. The first-order valence-electron chi connectivity index (χ1n) is 6.91. The first kappa shape index (κ1) is 12.3. The van der Waals surface area contributed by atoms with E-state index in [9.17, 15) is 0 Å². The van der Waals surface area contributed by atoms with Gasteiger partial charge >= 0.3 is 0 Å². The van der Waals surface area contributed by atoms with E-state index in [-0.39, 0.29) is 0 Å². The highest BCUT2D eigenvalue weighted by atomic mass is 15.3. The van der Waals surface area contributed by atoms with Gasteiger partial charge in [0.25, 0.3) is 0 Å². The average Bonchev–Trinajstić information content (AvgIpc) is 3.08. The van der Waals surface area contributed by atoms with Gasteiger partial charge in [0.1, 0.15) is 12.2 Å². The highest BCUT2D eigenvalue weighted by molar-refractivity contribution is 5.02. The number of aromatic nitrogens is 5. The maximum atomic E-state index is 4.33. The Labute approximate surface area is 112 Å². The van der Waals surface area contributed by atoms with Crippen molar-refractivity contribution in [1.82, 2.24) is 29.9 Å². The zero-order valence-corrected chi connectivity index (χ0v) is 11.3. The summed E-state index contributed by atoms with van der Waals surface area (Å²) in [4.78, 5) is 6.84. The minimum atomic E-state index is 0.393. The number of H-pyrrole nitrogens is 1. The zero-order valence-electron chi connectivity index (χ0n) is 11.3. The van der Waals surface area contributed by atoms with E-state index in [1.54, 1.807) is 6.33 Å². The third kappa shape index (κ3) is 2.68. The molecule has 1 saturated heterocycles. The van der Waals surface area contributed by atoms with E-state index in [0.717, 1.165) is 25.3 Å². The Morgan fingerprint density at radius 2 is 2.37 bits per heavy atom. The van der Waals surface area contributed by atoms with E-state index in [2.05, 4.69) is 31.2 Å². The van der Waals surface area contributed by atoms with Crippen molar-refractivity contribution in [3.8, 4) is 0 Å². The van der Waals surface area contributed by atoms with Gasteiger partial charge in [0, 0.05) is 31.9 Å².